The average Bonchev–Trinajstić information content (AvgIpc) is 3.28. The number of likely N-dealkylation sites (tertiary alicyclic amines) is 2. The SMILES string of the molecule is CCCCN1C[C@@H]2CC(=O)C[C@@H]3OC[C@]14C(=O)N(Cc1ccc(OC)cc1)C[C@@]234. The third-order valence-electron chi connectivity index (χ3n) is 7.84. The molecule has 1 aromatic rings. The monoisotopic (exact) mass is 398 g/mol. The molecule has 156 valence electrons. The summed E-state index contributed by atoms with van der Waals surface area (Å²) in [4.78, 5) is 30.7. The fraction of sp³-hybridized carbons (Fsp3) is 0.652. The van der Waals surface area contributed by atoms with Crippen LogP contribution in [0.3, 0.4) is 0 Å². The molecule has 0 bridgehead atoms. The topological polar surface area (TPSA) is 59.1 Å². The number of ether oxygens (including phenoxy) is 2. The number of unbranched alkanes of at least 4 members (excludes halogenated alkanes) is 1. The molecule has 3 heterocycles. The molecule has 4 atom stereocenters. The van der Waals surface area contributed by atoms with Gasteiger partial charge in [0.15, 0.2) is 0 Å². The molecule has 6 heteroatoms. The average molecular weight is 399 g/mol. The highest BCUT2D eigenvalue weighted by Crippen LogP contribution is 2.64. The first-order chi connectivity index (χ1) is 14.0. The Bertz CT molecular complexity index is 825. The first-order valence-corrected chi connectivity index (χ1v) is 10.9. The molecule has 0 aromatic heterocycles. The van der Waals surface area contributed by atoms with Crippen LogP contribution in [0.15, 0.2) is 24.3 Å². The van der Waals surface area contributed by atoms with E-state index in [0.29, 0.717) is 38.3 Å². The molecule has 3 saturated heterocycles. The van der Waals surface area contributed by atoms with Gasteiger partial charge in [-0.3, -0.25) is 14.5 Å². The maximum atomic E-state index is 13.9. The van der Waals surface area contributed by atoms with Crippen LogP contribution in [-0.2, 0) is 20.9 Å². The van der Waals surface area contributed by atoms with Crippen molar-refractivity contribution in [1.82, 2.24) is 9.80 Å². The summed E-state index contributed by atoms with van der Waals surface area (Å²) in [7, 11) is 1.66. The predicted molar refractivity (Wildman–Crippen MR) is 108 cm³/mol. The minimum Gasteiger partial charge on any atom is -0.497 e. The standard InChI is InChI=1S/C23H30N2O4/c1-3-4-9-25-13-17-10-18(26)11-20-22(17)14-24(21(27)23(22,25)15-29-20)12-16-5-7-19(28-2)8-6-16/h5-8,17,20H,3-4,9-15H2,1-2H3/t17-,20-,22+,23+/m0/s1. The van der Waals surface area contributed by atoms with Crippen molar-refractivity contribution in [3.63, 3.8) is 0 Å². The van der Waals surface area contributed by atoms with E-state index in [-0.39, 0.29) is 23.3 Å². The van der Waals surface area contributed by atoms with Crippen LogP contribution in [0.4, 0.5) is 0 Å². The number of carbonyl (C=O) groups is 2. The van der Waals surface area contributed by atoms with E-state index in [2.05, 4.69) is 11.8 Å². The summed E-state index contributed by atoms with van der Waals surface area (Å²) in [6.45, 7) is 5.67. The van der Waals surface area contributed by atoms with Crippen LogP contribution in [0.1, 0.15) is 38.2 Å². The van der Waals surface area contributed by atoms with Gasteiger partial charge in [0.1, 0.15) is 17.1 Å². The molecule has 4 fully saturated rings. The molecule has 1 aliphatic carbocycles. The van der Waals surface area contributed by atoms with Gasteiger partial charge in [0.2, 0.25) is 5.91 Å². The van der Waals surface area contributed by atoms with Crippen molar-refractivity contribution < 1.29 is 19.1 Å². The third kappa shape index (κ3) is 2.48. The molecule has 5 rings (SSSR count). The third-order valence-corrected chi connectivity index (χ3v) is 7.84. The molecule has 1 aromatic carbocycles. The van der Waals surface area contributed by atoms with E-state index in [4.69, 9.17) is 9.47 Å². The van der Waals surface area contributed by atoms with Crippen LogP contribution < -0.4 is 4.74 Å². The lowest BCUT2D eigenvalue weighted by Crippen LogP contribution is -2.59. The molecular formula is C23H30N2O4. The van der Waals surface area contributed by atoms with Crippen LogP contribution in [0, 0.1) is 11.3 Å². The van der Waals surface area contributed by atoms with E-state index in [9.17, 15) is 9.59 Å². The van der Waals surface area contributed by atoms with Crippen molar-refractivity contribution in [2.24, 2.45) is 11.3 Å². The summed E-state index contributed by atoms with van der Waals surface area (Å²) in [5.41, 5.74) is 0.287. The lowest BCUT2D eigenvalue weighted by Gasteiger charge is -2.41. The summed E-state index contributed by atoms with van der Waals surface area (Å²) in [5, 5.41) is 0. The van der Waals surface area contributed by atoms with Crippen molar-refractivity contribution in [2.45, 2.75) is 50.8 Å². The van der Waals surface area contributed by atoms with Crippen LogP contribution in [0.25, 0.3) is 0 Å². The van der Waals surface area contributed by atoms with E-state index in [0.717, 1.165) is 37.2 Å². The van der Waals surface area contributed by atoms with Crippen LogP contribution >= 0.6 is 0 Å². The minimum absolute atomic E-state index is 0.120. The minimum atomic E-state index is -0.579. The number of ketones is 1. The fourth-order valence-corrected chi connectivity index (χ4v) is 6.51. The summed E-state index contributed by atoms with van der Waals surface area (Å²) in [5.74, 6) is 1.53. The highest BCUT2D eigenvalue weighted by atomic mass is 16.5. The van der Waals surface area contributed by atoms with Crippen molar-refractivity contribution in [1.29, 1.82) is 0 Å². The summed E-state index contributed by atoms with van der Waals surface area (Å²) >= 11 is 0. The van der Waals surface area contributed by atoms with E-state index < -0.39 is 5.54 Å². The molecular weight excluding hydrogens is 368 g/mol. The zero-order valence-electron chi connectivity index (χ0n) is 17.4. The fourth-order valence-electron chi connectivity index (χ4n) is 6.51. The number of rotatable bonds is 6. The van der Waals surface area contributed by atoms with Gasteiger partial charge in [-0.1, -0.05) is 25.5 Å². The number of carbonyl (C=O) groups excluding carboxylic acids is 2. The number of methoxy groups -OCH3 is 1. The van der Waals surface area contributed by atoms with Gasteiger partial charge in [-0.15, -0.1) is 0 Å². The molecule has 6 nitrogen and oxygen atoms in total. The van der Waals surface area contributed by atoms with Gasteiger partial charge < -0.3 is 14.4 Å². The largest absolute Gasteiger partial charge is 0.497 e. The van der Waals surface area contributed by atoms with Crippen LogP contribution in [0.2, 0.25) is 0 Å². The molecule has 1 spiro atoms. The number of amides is 1. The van der Waals surface area contributed by atoms with Gasteiger partial charge in [-0.05, 0) is 36.6 Å². The Morgan fingerprint density at radius 1 is 1.21 bits per heavy atom. The summed E-state index contributed by atoms with van der Waals surface area (Å²) in [6, 6.07) is 7.94. The van der Waals surface area contributed by atoms with Gasteiger partial charge in [0, 0.05) is 37.9 Å². The molecule has 0 unspecified atom stereocenters. The Labute approximate surface area is 172 Å². The Balaban J connectivity index is 1.49. The van der Waals surface area contributed by atoms with Crippen molar-refractivity contribution >= 4 is 11.7 Å². The second-order valence-electron chi connectivity index (χ2n) is 9.15. The maximum absolute atomic E-state index is 13.9. The number of Topliss-reactive ketones (excluding diaryl/α,β-unsaturated/α-hetero) is 1. The van der Waals surface area contributed by atoms with Crippen molar-refractivity contribution in [2.75, 3.05) is 33.4 Å². The van der Waals surface area contributed by atoms with E-state index in [1.54, 1.807) is 7.11 Å². The number of hydrogen-bond donors (Lipinski definition) is 0. The maximum Gasteiger partial charge on any atom is 0.246 e. The molecule has 3 aliphatic heterocycles. The van der Waals surface area contributed by atoms with E-state index >= 15 is 0 Å². The number of nitrogens with zero attached hydrogens (tertiary/aromatic N) is 2. The molecule has 1 saturated carbocycles. The van der Waals surface area contributed by atoms with Gasteiger partial charge in [-0.2, -0.15) is 0 Å². The first kappa shape index (κ1) is 19.1. The Morgan fingerprint density at radius 3 is 2.72 bits per heavy atom. The van der Waals surface area contributed by atoms with E-state index in [1.807, 2.05) is 29.2 Å². The van der Waals surface area contributed by atoms with Crippen LogP contribution in [-0.4, -0.2) is 66.5 Å². The normalized spacial score (nSPS) is 35.9. The smallest absolute Gasteiger partial charge is 0.246 e. The van der Waals surface area contributed by atoms with Gasteiger partial charge in [0.25, 0.3) is 0 Å². The Kier molecular flexibility index (Phi) is 4.48. The number of hydrogen-bond acceptors (Lipinski definition) is 5. The molecule has 0 radical (unpaired) electrons. The summed E-state index contributed by atoms with van der Waals surface area (Å²) in [6.07, 6.45) is 3.09. The summed E-state index contributed by atoms with van der Waals surface area (Å²) < 4.78 is 11.4. The zero-order valence-corrected chi connectivity index (χ0v) is 17.4. The Hall–Kier alpha value is -1.92. The molecule has 4 aliphatic rings. The molecule has 0 N–H and O–H groups in total. The van der Waals surface area contributed by atoms with Gasteiger partial charge in [0.05, 0.1) is 19.8 Å². The first-order valence-electron chi connectivity index (χ1n) is 10.9. The van der Waals surface area contributed by atoms with Gasteiger partial charge >= 0.3 is 0 Å². The lowest BCUT2D eigenvalue weighted by molar-refractivity contribution is -0.139. The predicted octanol–water partition coefficient (Wildman–Crippen LogP) is 2.26. The number of benzene rings is 1. The van der Waals surface area contributed by atoms with E-state index in [1.165, 1.54) is 0 Å². The zero-order chi connectivity index (χ0) is 20.2. The van der Waals surface area contributed by atoms with Crippen LogP contribution in [0.5, 0.6) is 5.75 Å². The second-order valence-corrected chi connectivity index (χ2v) is 9.15. The second kappa shape index (κ2) is 6.81. The highest BCUT2D eigenvalue weighted by Gasteiger charge is 2.79. The van der Waals surface area contributed by atoms with Crippen molar-refractivity contribution in [3.05, 3.63) is 29.8 Å². The quantitative estimate of drug-likeness (QED) is 0.736. The lowest BCUT2D eigenvalue weighted by atomic mass is 9.60. The van der Waals surface area contributed by atoms with Crippen molar-refractivity contribution in [3.8, 4) is 5.75 Å². The van der Waals surface area contributed by atoms with Gasteiger partial charge in [-0.25, -0.2) is 0 Å². The molecule has 29 heavy (non-hydrogen) atoms. The molecule has 1 amide bonds. The Morgan fingerprint density at radius 2 is 2.00 bits per heavy atom. The highest BCUT2D eigenvalue weighted by molar-refractivity contribution is 5.93.